The van der Waals surface area contributed by atoms with Crippen LogP contribution in [0.4, 0.5) is 13.2 Å². The van der Waals surface area contributed by atoms with E-state index in [0.717, 1.165) is 12.1 Å². The molecule has 1 aliphatic heterocycles. The highest BCUT2D eigenvalue weighted by atomic mass is 32.2. The Balaban J connectivity index is 1.59. The van der Waals surface area contributed by atoms with Gasteiger partial charge in [0, 0.05) is 30.9 Å². The molecule has 0 bridgehead atoms. The van der Waals surface area contributed by atoms with Gasteiger partial charge in [-0.2, -0.15) is 0 Å². The number of carbonyl (C=O) groups excluding carboxylic acids is 1. The van der Waals surface area contributed by atoms with Gasteiger partial charge in [-0.05, 0) is 29.7 Å². The van der Waals surface area contributed by atoms with E-state index >= 15 is 4.39 Å². The van der Waals surface area contributed by atoms with Crippen LogP contribution in [0, 0.1) is 17.6 Å². The number of amides is 1. The molecule has 5 nitrogen and oxygen atoms in total. The minimum atomic E-state index is -2.03. The fourth-order valence-corrected chi connectivity index (χ4v) is 5.31. The Morgan fingerprint density at radius 2 is 1.94 bits per heavy atom. The van der Waals surface area contributed by atoms with E-state index < -0.39 is 46.0 Å². The lowest BCUT2D eigenvalue weighted by Crippen LogP contribution is -2.53. The molecule has 2 aromatic rings. The van der Waals surface area contributed by atoms with Crippen LogP contribution in [-0.2, 0) is 21.8 Å². The molecule has 2 aliphatic rings. The van der Waals surface area contributed by atoms with Crippen molar-refractivity contribution in [2.45, 2.75) is 24.0 Å². The summed E-state index contributed by atoms with van der Waals surface area (Å²) in [6.07, 6.45) is 1.74. The van der Waals surface area contributed by atoms with Crippen LogP contribution >= 0.6 is 0 Å². The molecule has 0 spiro atoms. The summed E-state index contributed by atoms with van der Waals surface area (Å²) >= 11 is -1.38. The number of nitrogens with zero attached hydrogens (tertiary/aromatic N) is 1. The van der Waals surface area contributed by atoms with Crippen molar-refractivity contribution in [1.29, 1.82) is 0 Å². The number of benzene rings is 2. The number of hydrogen-bond donors (Lipinski definition) is 2. The Bertz CT molecular complexity index is 987. The second kappa shape index (κ2) is 8.12. The summed E-state index contributed by atoms with van der Waals surface area (Å²) in [6.45, 7) is 0.0923. The Morgan fingerprint density at radius 1 is 1.26 bits per heavy atom. The zero-order chi connectivity index (χ0) is 22.4. The fourth-order valence-electron chi connectivity index (χ4n) is 4.47. The zero-order valence-corrected chi connectivity index (χ0v) is 17.7. The Morgan fingerprint density at radius 3 is 2.58 bits per heavy atom. The van der Waals surface area contributed by atoms with Crippen molar-refractivity contribution in [3.8, 4) is 11.1 Å². The van der Waals surface area contributed by atoms with E-state index in [-0.39, 0.29) is 36.3 Å². The molecule has 0 aromatic heterocycles. The van der Waals surface area contributed by atoms with Crippen molar-refractivity contribution in [3.05, 3.63) is 59.7 Å². The molecular weight excluding hydrogens is 429 g/mol. The molecule has 2 aromatic carbocycles. The van der Waals surface area contributed by atoms with Crippen LogP contribution in [-0.4, -0.2) is 52.0 Å². The van der Waals surface area contributed by atoms with Gasteiger partial charge in [0.05, 0.1) is 18.1 Å². The number of nitrogens with one attached hydrogen (secondary N) is 1. The Hall–Kier alpha value is -2.07. The Labute approximate surface area is 181 Å². The smallest absolute Gasteiger partial charge is 0.229 e. The van der Waals surface area contributed by atoms with Crippen molar-refractivity contribution >= 4 is 17.3 Å². The summed E-state index contributed by atoms with van der Waals surface area (Å²) in [4.78, 5) is 14.5. The predicted octanol–water partition coefficient (Wildman–Crippen LogP) is 2.66. The quantitative estimate of drug-likeness (QED) is 0.661. The summed E-state index contributed by atoms with van der Waals surface area (Å²) in [7, 11) is 0. The largest absolute Gasteiger partial charge is 0.598 e. The first-order chi connectivity index (χ1) is 14.7. The van der Waals surface area contributed by atoms with E-state index in [2.05, 4.69) is 4.72 Å². The van der Waals surface area contributed by atoms with Crippen molar-refractivity contribution < 1.29 is 27.6 Å². The number of carbonyl (C=O) groups is 1. The molecule has 166 valence electrons. The summed E-state index contributed by atoms with van der Waals surface area (Å²) < 4.78 is 59.0. The molecule has 1 amide bonds. The zero-order valence-electron chi connectivity index (χ0n) is 16.9. The van der Waals surface area contributed by atoms with Gasteiger partial charge in [0.15, 0.2) is 0 Å². The maximum absolute atomic E-state index is 15.9. The summed E-state index contributed by atoms with van der Waals surface area (Å²) in [6, 6.07) is 9.51. The number of aliphatic hydroxyl groups is 1. The van der Waals surface area contributed by atoms with Gasteiger partial charge in [-0.15, -0.1) is 4.72 Å². The van der Waals surface area contributed by atoms with Crippen molar-refractivity contribution in [2.24, 2.45) is 5.92 Å². The van der Waals surface area contributed by atoms with E-state index in [4.69, 9.17) is 0 Å². The first kappa shape index (κ1) is 22.1. The van der Waals surface area contributed by atoms with Gasteiger partial charge in [-0.1, -0.05) is 30.3 Å². The number of halogens is 3. The van der Waals surface area contributed by atoms with E-state index in [1.165, 1.54) is 29.4 Å². The molecule has 2 fully saturated rings. The highest BCUT2D eigenvalue weighted by Crippen LogP contribution is 2.59. The van der Waals surface area contributed by atoms with E-state index in [1.807, 2.05) is 0 Å². The number of alkyl halides is 1. The minimum absolute atomic E-state index is 0.0813. The average molecular weight is 452 g/mol. The third-order valence-corrected chi connectivity index (χ3v) is 6.85. The van der Waals surface area contributed by atoms with Crippen LogP contribution < -0.4 is 4.72 Å². The lowest BCUT2D eigenvalue weighted by Gasteiger charge is -2.27. The van der Waals surface area contributed by atoms with E-state index in [0.29, 0.717) is 13.0 Å². The first-order valence-electron chi connectivity index (χ1n) is 9.94. The summed E-state index contributed by atoms with van der Waals surface area (Å²) in [5, 5.41) is 9.73. The molecule has 1 saturated carbocycles. The van der Waals surface area contributed by atoms with Crippen molar-refractivity contribution in [2.75, 3.05) is 26.0 Å². The van der Waals surface area contributed by atoms with Crippen LogP contribution in [0.1, 0.15) is 18.4 Å². The highest BCUT2D eigenvalue weighted by molar-refractivity contribution is 7.88. The lowest BCUT2D eigenvalue weighted by atomic mass is 9.93. The molecule has 2 N–H and O–H groups in total. The number of aliphatic hydroxyl groups excluding tert-OH is 1. The number of hydrogen-bond acceptors (Lipinski definition) is 4. The third kappa shape index (κ3) is 3.95. The van der Waals surface area contributed by atoms with Gasteiger partial charge < -0.3 is 14.6 Å². The topological polar surface area (TPSA) is 75.6 Å². The first-order valence-corrected chi connectivity index (χ1v) is 11.5. The molecule has 0 radical (unpaired) electrons. The van der Waals surface area contributed by atoms with Crippen LogP contribution in [0.2, 0.25) is 0 Å². The predicted molar refractivity (Wildman–Crippen MR) is 111 cm³/mol. The van der Waals surface area contributed by atoms with E-state index in [1.54, 1.807) is 12.1 Å². The average Bonchev–Trinajstić information content (AvgIpc) is 3.25. The maximum atomic E-state index is 15.9. The normalized spacial score (nSPS) is 28.6. The molecule has 31 heavy (non-hydrogen) atoms. The van der Waals surface area contributed by atoms with Crippen LogP contribution in [0.5, 0.6) is 0 Å². The van der Waals surface area contributed by atoms with Gasteiger partial charge >= 0.3 is 0 Å². The standard InChI is InChI=1S/C22H23F3N2O3S/c1-31(30)26-21(13-28)9-10-27(12-21)20(29)16-11-22(16,25)15-6-3-2-5-14(15)19-17(23)7-4-8-18(19)24/h2-8,16,26,28H,9-13H2,1H3/t16-,21?,22?,31?/m0/s1. The van der Waals surface area contributed by atoms with Crippen LogP contribution in [0.15, 0.2) is 42.5 Å². The second-order valence-electron chi connectivity index (χ2n) is 8.27. The highest BCUT2D eigenvalue weighted by Gasteiger charge is 2.63. The SMILES string of the molecule is C[S+]([O-])NC1(CO)CCN(C(=O)[C@@H]2CC2(F)c2ccccc2-c2c(F)cccc2F)C1. The van der Waals surface area contributed by atoms with Crippen LogP contribution in [0.25, 0.3) is 11.1 Å². The number of likely N-dealkylation sites (tertiary alicyclic amines) is 1. The molecule has 1 aliphatic carbocycles. The molecular formula is C22H23F3N2O3S. The second-order valence-corrected chi connectivity index (χ2v) is 9.38. The monoisotopic (exact) mass is 452 g/mol. The fraction of sp³-hybridized carbons (Fsp3) is 0.409. The summed E-state index contributed by atoms with van der Waals surface area (Å²) in [5.41, 5.74) is -3.07. The van der Waals surface area contributed by atoms with Gasteiger partial charge in [0.25, 0.3) is 0 Å². The molecule has 1 heterocycles. The van der Waals surface area contributed by atoms with E-state index in [9.17, 15) is 23.2 Å². The van der Waals surface area contributed by atoms with Gasteiger partial charge in [0.2, 0.25) is 5.91 Å². The maximum Gasteiger partial charge on any atom is 0.229 e. The molecule has 9 heteroatoms. The summed E-state index contributed by atoms with van der Waals surface area (Å²) in [5.74, 6) is -3.01. The van der Waals surface area contributed by atoms with Crippen molar-refractivity contribution in [1.82, 2.24) is 9.62 Å². The van der Waals surface area contributed by atoms with Gasteiger partial charge in [-0.3, -0.25) is 4.79 Å². The Kier molecular flexibility index (Phi) is 5.80. The molecule has 1 saturated heterocycles. The lowest BCUT2D eigenvalue weighted by molar-refractivity contribution is -0.132. The number of rotatable bonds is 6. The third-order valence-electron chi connectivity index (χ3n) is 6.13. The minimum Gasteiger partial charge on any atom is -0.598 e. The molecule has 4 atom stereocenters. The van der Waals surface area contributed by atoms with Gasteiger partial charge in [0.1, 0.15) is 29.1 Å². The van der Waals surface area contributed by atoms with Gasteiger partial charge in [-0.25, -0.2) is 13.2 Å². The van der Waals surface area contributed by atoms with Crippen LogP contribution in [0.3, 0.4) is 0 Å². The molecule has 3 unspecified atom stereocenters. The van der Waals surface area contributed by atoms with Crippen molar-refractivity contribution in [3.63, 3.8) is 0 Å². The molecule has 4 rings (SSSR count).